The van der Waals surface area contributed by atoms with Crippen molar-refractivity contribution in [1.29, 1.82) is 0 Å². The minimum absolute atomic E-state index is 0.0786. The molecule has 0 aliphatic carbocycles. The number of carbonyl (C=O) groups excluding carboxylic acids is 2. The monoisotopic (exact) mass is 394 g/mol. The Hall–Kier alpha value is -2.16. The maximum Gasteiger partial charge on any atom is 0.413 e. The molecular formula is C17H19ClN4O3S. The topological polar surface area (TPSA) is 83.6 Å². The summed E-state index contributed by atoms with van der Waals surface area (Å²) in [5.74, 6) is -0.0786. The Kier molecular flexibility index (Phi) is 6.08. The number of nitrogens with zero attached hydrogens (tertiary/aromatic N) is 2. The number of thiazole rings is 1. The van der Waals surface area contributed by atoms with Gasteiger partial charge in [-0.25, -0.2) is 9.78 Å². The molecule has 3 rings (SSSR count). The summed E-state index contributed by atoms with van der Waals surface area (Å²) in [6.07, 6.45) is 0.239. The first-order valence-electron chi connectivity index (χ1n) is 8.23. The van der Waals surface area contributed by atoms with E-state index in [9.17, 15) is 9.59 Å². The molecule has 1 aliphatic rings. The van der Waals surface area contributed by atoms with E-state index in [1.165, 1.54) is 11.3 Å². The second-order valence-corrected chi connectivity index (χ2v) is 7.27. The molecule has 0 bridgehead atoms. The van der Waals surface area contributed by atoms with Gasteiger partial charge in [-0.2, -0.15) is 0 Å². The van der Waals surface area contributed by atoms with Gasteiger partial charge in [-0.1, -0.05) is 22.9 Å². The Bertz CT molecular complexity index is 794. The van der Waals surface area contributed by atoms with E-state index in [1.54, 1.807) is 31.2 Å². The number of nitrogens with one attached hydrogen (secondary N) is 2. The first-order chi connectivity index (χ1) is 12.5. The predicted octanol–water partition coefficient (Wildman–Crippen LogP) is 3.36. The lowest BCUT2D eigenvalue weighted by Crippen LogP contribution is -2.36. The van der Waals surface area contributed by atoms with Gasteiger partial charge in [0.1, 0.15) is 0 Å². The van der Waals surface area contributed by atoms with Crippen LogP contribution in [0.2, 0.25) is 5.02 Å². The van der Waals surface area contributed by atoms with Crippen molar-refractivity contribution in [3.63, 3.8) is 0 Å². The first kappa shape index (κ1) is 18.6. The third-order valence-electron chi connectivity index (χ3n) is 3.79. The highest BCUT2D eigenvalue weighted by Gasteiger charge is 2.23. The van der Waals surface area contributed by atoms with E-state index in [4.69, 9.17) is 16.3 Å². The predicted molar refractivity (Wildman–Crippen MR) is 102 cm³/mol. The van der Waals surface area contributed by atoms with E-state index in [1.807, 2.05) is 0 Å². The van der Waals surface area contributed by atoms with Gasteiger partial charge in [-0.3, -0.25) is 15.0 Å². The van der Waals surface area contributed by atoms with Crippen molar-refractivity contribution >= 4 is 45.8 Å². The molecular weight excluding hydrogens is 376 g/mol. The maximum absolute atomic E-state index is 12.2. The molecule has 2 amide bonds. The van der Waals surface area contributed by atoms with Crippen molar-refractivity contribution in [2.75, 3.05) is 30.3 Å². The van der Waals surface area contributed by atoms with Crippen LogP contribution in [0, 0.1) is 0 Å². The molecule has 0 fully saturated rings. The Labute approximate surface area is 160 Å². The van der Waals surface area contributed by atoms with Crippen LogP contribution in [0.25, 0.3) is 0 Å². The standard InChI is InChI=1S/C17H19ClN4O3S/c1-2-25-17(24)21-16-20-13-7-8-22(9-14(13)26-16)10-15(23)19-12-5-3-11(18)4-6-12/h3-6H,2,7-10H2,1H3,(H,19,23)(H,20,21,24). The number of ether oxygens (including phenoxy) is 1. The Morgan fingerprint density at radius 1 is 1.31 bits per heavy atom. The Morgan fingerprint density at radius 3 is 2.81 bits per heavy atom. The summed E-state index contributed by atoms with van der Waals surface area (Å²) in [6.45, 7) is 3.72. The number of fused-ring (bicyclic) bond motifs is 1. The summed E-state index contributed by atoms with van der Waals surface area (Å²) >= 11 is 7.26. The van der Waals surface area contributed by atoms with Crippen LogP contribution in [-0.4, -0.2) is 41.6 Å². The van der Waals surface area contributed by atoms with Gasteiger partial charge in [-0.15, -0.1) is 0 Å². The zero-order chi connectivity index (χ0) is 18.5. The quantitative estimate of drug-likeness (QED) is 0.812. The normalized spacial score (nSPS) is 13.8. The van der Waals surface area contributed by atoms with Crippen molar-refractivity contribution in [2.45, 2.75) is 19.9 Å². The average molecular weight is 395 g/mol. The molecule has 1 aliphatic heterocycles. The smallest absolute Gasteiger partial charge is 0.413 e. The van der Waals surface area contributed by atoms with Crippen molar-refractivity contribution in [2.24, 2.45) is 0 Å². The second kappa shape index (κ2) is 8.48. The summed E-state index contributed by atoms with van der Waals surface area (Å²) in [4.78, 5) is 31.3. The third-order valence-corrected chi connectivity index (χ3v) is 5.04. The van der Waals surface area contributed by atoms with Crippen LogP contribution in [0.5, 0.6) is 0 Å². The number of hydrogen-bond donors (Lipinski definition) is 2. The number of benzene rings is 1. The summed E-state index contributed by atoms with van der Waals surface area (Å²) in [6, 6.07) is 7.01. The second-order valence-electron chi connectivity index (χ2n) is 5.75. The molecule has 26 heavy (non-hydrogen) atoms. The van der Waals surface area contributed by atoms with Crippen LogP contribution in [0.1, 0.15) is 17.5 Å². The number of halogens is 1. The van der Waals surface area contributed by atoms with Gasteiger partial charge >= 0.3 is 6.09 Å². The van der Waals surface area contributed by atoms with Crippen LogP contribution >= 0.6 is 22.9 Å². The number of hydrogen-bond acceptors (Lipinski definition) is 6. The number of anilines is 2. The SMILES string of the molecule is CCOC(=O)Nc1nc2c(s1)CN(CC(=O)Nc1ccc(Cl)cc1)CC2. The molecule has 2 heterocycles. The molecule has 0 atom stereocenters. The van der Waals surface area contributed by atoms with Crippen LogP contribution in [0.4, 0.5) is 15.6 Å². The average Bonchev–Trinajstić information content (AvgIpc) is 2.98. The molecule has 0 saturated heterocycles. The van der Waals surface area contributed by atoms with Crippen molar-refractivity contribution in [1.82, 2.24) is 9.88 Å². The van der Waals surface area contributed by atoms with Gasteiger partial charge in [0.2, 0.25) is 5.91 Å². The fourth-order valence-corrected chi connectivity index (χ4v) is 3.79. The zero-order valence-corrected chi connectivity index (χ0v) is 15.8. The molecule has 138 valence electrons. The molecule has 0 saturated carbocycles. The van der Waals surface area contributed by atoms with Gasteiger partial charge in [0, 0.05) is 35.1 Å². The Morgan fingerprint density at radius 2 is 2.08 bits per heavy atom. The minimum Gasteiger partial charge on any atom is -0.450 e. The summed E-state index contributed by atoms with van der Waals surface area (Å²) in [7, 11) is 0. The Balaban J connectivity index is 1.54. The fourth-order valence-electron chi connectivity index (χ4n) is 2.63. The molecule has 2 aromatic rings. The number of aromatic nitrogens is 1. The van der Waals surface area contributed by atoms with E-state index in [0.29, 0.717) is 29.9 Å². The highest BCUT2D eigenvalue weighted by Crippen LogP contribution is 2.28. The largest absolute Gasteiger partial charge is 0.450 e. The molecule has 9 heteroatoms. The van der Waals surface area contributed by atoms with Gasteiger partial charge in [0.25, 0.3) is 0 Å². The molecule has 1 aromatic heterocycles. The molecule has 0 spiro atoms. The number of rotatable bonds is 5. The molecule has 7 nitrogen and oxygen atoms in total. The summed E-state index contributed by atoms with van der Waals surface area (Å²) in [5.41, 5.74) is 1.69. The van der Waals surface area contributed by atoms with Crippen LogP contribution in [-0.2, 0) is 22.5 Å². The van der Waals surface area contributed by atoms with Gasteiger partial charge < -0.3 is 10.1 Å². The lowest BCUT2D eigenvalue weighted by molar-refractivity contribution is -0.117. The highest BCUT2D eigenvalue weighted by atomic mass is 35.5. The van der Waals surface area contributed by atoms with E-state index in [-0.39, 0.29) is 5.91 Å². The van der Waals surface area contributed by atoms with Crippen molar-refractivity contribution < 1.29 is 14.3 Å². The van der Waals surface area contributed by atoms with Crippen LogP contribution < -0.4 is 10.6 Å². The molecule has 1 aromatic carbocycles. The van der Waals surface area contributed by atoms with Gasteiger partial charge in [0.15, 0.2) is 5.13 Å². The lowest BCUT2D eigenvalue weighted by Gasteiger charge is -2.25. The molecule has 0 unspecified atom stereocenters. The van der Waals surface area contributed by atoms with Crippen molar-refractivity contribution in [3.8, 4) is 0 Å². The van der Waals surface area contributed by atoms with Crippen molar-refractivity contribution in [3.05, 3.63) is 39.9 Å². The fraction of sp³-hybridized carbons (Fsp3) is 0.353. The van der Waals surface area contributed by atoms with Gasteiger partial charge in [0.05, 0.1) is 18.8 Å². The first-order valence-corrected chi connectivity index (χ1v) is 9.43. The number of carbonyl (C=O) groups is 2. The van der Waals surface area contributed by atoms with Gasteiger partial charge in [-0.05, 0) is 31.2 Å². The molecule has 0 radical (unpaired) electrons. The highest BCUT2D eigenvalue weighted by molar-refractivity contribution is 7.15. The van der Waals surface area contributed by atoms with E-state index >= 15 is 0 Å². The summed E-state index contributed by atoms with van der Waals surface area (Å²) < 4.78 is 4.86. The van der Waals surface area contributed by atoms with Crippen LogP contribution in [0.3, 0.4) is 0 Å². The van der Waals surface area contributed by atoms with Crippen LogP contribution in [0.15, 0.2) is 24.3 Å². The third kappa shape index (κ3) is 4.94. The van der Waals surface area contributed by atoms with E-state index in [2.05, 4.69) is 20.5 Å². The summed E-state index contributed by atoms with van der Waals surface area (Å²) in [5, 5.41) is 6.65. The van der Waals surface area contributed by atoms with E-state index < -0.39 is 6.09 Å². The lowest BCUT2D eigenvalue weighted by atomic mass is 10.2. The zero-order valence-electron chi connectivity index (χ0n) is 14.3. The maximum atomic E-state index is 12.2. The molecule has 2 N–H and O–H groups in total. The minimum atomic E-state index is -0.502. The number of amides is 2. The van der Waals surface area contributed by atoms with E-state index in [0.717, 1.165) is 29.2 Å².